The summed E-state index contributed by atoms with van der Waals surface area (Å²) in [7, 11) is 1.48. The second kappa shape index (κ2) is 16.8. The smallest absolute Gasteiger partial charge is 0.217 e. The normalized spacial score (nSPS) is 40.1. The van der Waals surface area contributed by atoms with Gasteiger partial charge in [0.1, 0.15) is 66.4 Å². The largest absolute Gasteiger partial charge is 0.497 e. The third kappa shape index (κ3) is 8.70. The summed E-state index contributed by atoms with van der Waals surface area (Å²) in [6.07, 6.45) is -17.4. The quantitative estimate of drug-likeness (QED) is 0.0989. The van der Waals surface area contributed by atoms with Crippen LogP contribution in [-0.2, 0) is 28.5 Å². The molecule has 15 atom stereocenters. The van der Waals surface area contributed by atoms with E-state index in [0.717, 1.165) is 0 Å². The number of aliphatic hydroxyl groups excluding tert-OH is 8. The number of hydrogen-bond acceptors (Lipinski definition) is 16. The van der Waals surface area contributed by atoms with Crippen molar-refractivity contribution < 1.29 is 78.9 Å². The highest BCUT2D eigenvalue weighted by atomic mass is 16.7. The number of ether oxygens (including phenoxy) is 6. The van der Waals surface area contributed by atoms with Crippen LogP contribution in [0.15, 0.2) is 24.3 Å². The second-order valence-corrected chi connectivity index (χ2v) is 12.1. The molecule has 3 aliphatic heterocycles. The van der Waals surface area contributed by atoms with Crippen LogP contribution < -0.4 is 20.1 Å². The Hall–Kier alpha value is -2.72. The minimum Gasteiger partial charge on any atom is -0.497 e. The molecule has 1 aromatic rings. The van der Waals surface area contributed by atoms with Gasteiger partial charge in [0.25, 0.3) is 0 Å². The number of carbonyl (C=O) groups excluding carboxylic acids is 2. The molecule has 3 aliphatic rings. The predicted molar refractivity (Wildman–Crippen MR) is 159 cm³/mol. The van der Waals surface area contributed by atoms with Crippen molar-refractivity contribution in [3.8, 4) is 11.5 Å². The number of carbonyl (C=O) groups is 2. The lowest BCUT2D eigenvalue weighted by Gasteiger charge is -2.47. The van der Waals surface area contributed by atoms with Crippen molar-refractivity contribution in [2.75, 3.05) is 26.9 Å². The molecule has 2 amide bonds. The van der Waals surface area contributed by atoms with Gasteiger partial charge in [0.2, 0.25) is 18.1 Å². The third-order valence-electron chi connectivity index (χ3n) is 8.72. The molecule has 0 aliphatic carbocycles. The molecule has 4 rings (SSSR count). The van der Waals surface area contributed by atoms with E-state index in [1.807, 2.05) is 0 Å². The van der Waals surface area contributed by atoms with E-state index in [0.29, 0.717) is 5.75 Å². The topological polar surface area (TPSA) is 275 Å². The Morgan fingerprint density at radius 3 is 1.73 bits per heavy atom. The molecular weight excluding hydrogens is 644 g/mol. The fourth-order valence-electron chi connectivity index (χ4n) is 6.16. The maximum Gasteiger partial charge on any atom is 0.217 e. The number of nitrogens with one attached hydrogen (secondary N) is 2. The Balaban J connectivity index is 1.58. The van der Waals surface area contributed by atoms with Crippen LogP contribution >= 0.6 is 0 Å². The van der Waals surface area contributed by atoms with E-state index in [1.54, 1.807) is 24.3 Å². The van der Waals surface area contributed by atoms with E-state index in [2.05, 4.69) is 10.6 Å². The van der Waals surface area contributed by atoms with E-state index >= 15 is 0 Å². The van der Waals surface area contributed by atoms with E-state index in [-0.39, 0.29) is 12.2 Å². The summed E-state index contributed by atoms with van der Waals surface area (Å²) in [5, 5.41) is 89.1. The van der Waals surface area contributed by atoms with Crippen molar-refractivity contribution in [3.63, 3.8) is 0 Å². The van der Waals surface area contributed by atoms with Crippen molar-refractivity contribution in [2.45, 2.75) is 106 Å². The number of benzene rings is 1. The summed E-state index contributed by atoms with van der Waals surface area (Å²) >= 11 is 0. The summed E-state index contributed by atoms with van der Waals surface area (Å²) in [6, 6.07) is 3.90. The fourth-order valence-corrected chi connectivity index (χ4v) is 6.16. The molecule has 0 radical (unpaired) electrons. The Labute approximate surface area is 276 Å². The average Bonchev–Trinajstić information content (AvgIpc) is 3.06. The molecule has 3 fully saturated rings. The van der Waals surface area contributed by atoms with Crippen molar-refractivity contribution in [1.82, 2.24) is 10.6 Å². The maximum atomic E-state index is 12.0. The number of aliphatic hydroxyl groups is 8. The number of rotatable bonds is 12. The molecule has 0 bridgehead atoms. The van der Waals surface area contributed by atoms with Crippen LogP contribution in [0.4, 0.5) is 0 Å². The van der Waals surface area contributed by atoms with Gasteiger partial charge in [-0.1, -0.05) is 0 Å². The van der Waals surface area contributed by atoms with Gasteiger partial charge in [-0.05, 0) is 30.7 Å². The Kier molecular flexibility index (Phi) is 13.3. The lowest BCUT2D eigenvalue weighted by Crippen LogP contribution is -2.66. The molecule has 0 aromatic heterocycles. The van der Waals surface area contributed by atoms with Gasteiger partial charge >= 0.3 is 0 Å². The Morgan fingerprint density at radius 1 is 0.667 bits per heavy atom. The van der Waals surface area contributed by atoms with Crippen LogP contribution in [0.1, 0.15) is 20.3 Å². The predicted octanol–water partition coefficient (Wildman–Crippen LogP) is -4.53. The molecule has 18 heteroatoms. The lowest BCUT2D eigenvalue weighted by molar-refractivity contribution is -0.303. The van der Waals surface area contributed by atoms with Crippen molar-refractivity contribution >= 4 is 11.8 Å². The second-order valence-electron chi connectivity index (χ2n) is 12.1. The molecule has 18 nitrogen and oxygen atoms in total. The summed E-state index contributed by atoms with van der Waals surface area (Å²) in [6.45, 7) is 0.531. The molecule has 3 saturated heterocycles. The van der Waals surface area contributed by atoms with E-state index in [4.69, 9.17) is 28.4 Å². The zero-order chi connectivity index (χ0) is 35.3. The molecule has 272 valence electrons. The first-order chi connectivity index (χ1) is 22.8. The Morgan fingerprint density at radius 2 is 1.17 bits per heavy atom. The third-order valence-corrected chi connectivity index (χ3v) is 8.72. The molecule has 10 N–H and O–H groups in total. The molecule has 1 aromatic carbocycles. The van der Waals surface area contributed by atoms with Crippen LogP contribution in [-0.4, -0.2) is 165 Å². The van der Waals surface area contributed by atoms with Crippen LogP contribution in [0.25, 0.3) is 0 Å². The van der Waals surface area contributed by atoms with Crippen LogP contribution in [0, 0.1) is 5.92 Å². The molecule has 15 unspecified atom stereocenters. The van der Waals surface area contributed by atoms with Gasteiger partial charge in [-0.2, -0.15) is 0 Å². The fraction of sp³-hybridized carbons (Fsp3) is 0.733. The summed E-state index contributed by atoms with van der Waals surface area (Å²) < 4.78 is 34.6. The van der Waals surface area contributed by atoms with E-state index < -0.39 is 123 Å². The maximum absolute atomic E-state index is 12.0. The van der Waals surface area contributed by atoms with E-state index in [9.17, 15) is 50.4 Å². The average molecular weight is 691 g/mol. The van der Waals surface area contributed by atoms with Gasteiger partial charge in [0.15, 0.2) is 6.29 Å². The minimum atomic E-state index is -1.65. The number of amides is 2. The zero-order valence-corrected chi connectivity index (χ0v) is 26.6. The zero-order valence-electron chi connectivity index (χ0n) is 26.6. The van der Waals surface area contributed by atoms with Gasteiger partial charge in [0.05, 0.1) is 51.1 Å². The molecule has 0 saturated carbocycles. The van der Waals surface area contributed by atoms with Crippen molar-refractivity contribution in [3.05, 3.63) is 24.3 Å². The van der Waals surface area contributed by atoms with Crippen molar-refractivity contribution in [2.24, 2.45) is 5.92 Å². The molecule has 48 heavy (non-hydrogen) atoms. The Bertz CT molecular complexity index is 1190. The SMILES string of the molecule is COc1ccc(OC2OC(COC3OC(CO)C(O)C(O)C3NC(C)=O)C(O)C(O)C2CC2OC(CO)C(O)C(O)C2NC(C)=O)cc1. The van der Waals surface area contributed by atoms with Crippen LogP contribution in [0.5, 0.6) is 11.5 Å². The monoisotopic (exact) mass is 690 g/mol. The van der Waals surface area contributed by atoms with Gasteiger partial charge in [-0.25, -0.2) is 0 Å². The highest BCUT2D eigenvalue weighted by Crippen LogP contribution is 2.36. The number of methoxy groups -OCH3 is 1. The highest BCUT2D eigenvalue weighted by molar-refractivity contribution is 5.73. The molecule has 3 heterocycles. The molecular formula is C30H46N2O16. The van der Waals surface area contributed by atoms with Gasteiger partial charge in [-0.15, -0.1) is 0 Å². The number of hydrogen-bond donors (Lipinski definition) is 10. The summed E-state index contributed by atoms with van der Waals surface area (Å²) in [5.41, 5.74) is 0. The first kappa shape index (κ1) is 38.1. The van der Waals surface area contributed by atoms with Gasteiger partial charge < -0.3 is 79.9 Å². The first-order valence-electron chi connectivity index (χ1n) is 15.5. The van der Waals surface area contributed by atoms with E-state index in [1.165, 1.54) is 21.0 Å². The first-order valence-corrected chi connectivity index (χ1v) is 15.5. The van der Waals surface area contributed by atoms with Crippen LogP contribution in [0.2, 0.25) is 0 Å². The van der Waals surface area contributed by atoms with Gasteiger partial charge in [-0.3, -0.25) is 9.59 Å². The molecule has 0 spiro atoms. The van der Waals surface area contributed by atoms with Gasteiger partial charge in [0, 0.05) is 13.8 Å². The highest BCUT2D eigenvalue weighted by Gasteiger charge is 2.52. The lowest BCUT2D eigenvalue weighted by atomic mass is 9.82. The summed E-state index contributed by atoms with van der Waals surface area (Å²) in [4.78, 5) is 23.8. The van der Waals surface area contributed by atoms with Crippen molar-refractivity contribution in [1.29, 1.82) is 0 Å². The summed E-state index contributed by atoms with van der Waals surface area (Å²) in [5.74, 6) is -1.43. The standard InChI is InChI=1S/C30H46N2O16/c1-12(35)31-21-17(46-18(9-33)24(38)27(21)41)8-16-23(37)26(40)20(48-29(16)45-15-6-4-14(43-3)5-7-15)11-44-30-22(32-13(2)36)28(42)25(39)19(10-34)47-30/h4-7,16-30,33-34,37-42H,8-11H2,1-3H3,(H,31,35)(H,32,36). The minimum absolute atomic E-state index is 0.212. The van der Waals surface area contributed by atoms with Crippen LogP contribution in [0.3, 0.4) is 0 Å².